The summed E-state index contributed by atoms with van der Waals surface area (Å²) in [6, 6.07) is 0. The second-order valence-corrected chi connectivity index (χ2v) is 3.01. The van der Waals surface area contributed by atoms with Gasteiger partial charge in [0.1, 0.15) is 0 Å². The van der Waals surface area contributed by atoms with E-state index in [9.17, 15) is 4.21 Å². The highest BCUT2D eigenvalue weighted by Gasteiger charge is 2.04. The van der Waals surface area contributed by atoms with Crippen LogP contribution >= 0.6 is 0 Å². The van der Waals surface area contributed by atoms with Gasteiger partial charge in [-0.3, -0.25) is 0 Å². The molecule has 1 rings (SSSR count). The molecular weight excluding hydrogens is 148 g/mol. The minimum atomic E-state index is -1.30. The molecule has 1 heterocycles. The molecule has 0 fully saturated rings. The molecule has 0 spiro atoms. The van der Waals surface area contributed by atoms with E-state index in [2.05, 4.69) is 15.7 Å². The average molecular weight is 158 g/mol. The van der Waals surface area contributed by atoms with Gasteiger partial charge >= 0.3 is 0 Å². The molecule has 56 valence electrons. The molecule has 3 nitrogen and oxygen atoms in total. The summed E-state index contributed by atoms with van der Waals surface area (Å²) in [6.45, 7) is 2.11. The normalized spacial score (nSPS) is 23.3. The van der Waals surface area contributed by atoms with E-state index in [0.29, 0.717) is 0 Å². The number of nitrogens with zero attached hydrogens (tertiary/aromatic N) is 2. The fraction of sp³-hybridized carbons (Fsp3) is 0.667. The predicted octanol–water partition coefficient (Wildman–Crippen LogP) is 1.28. The SMILES string of the molecule is CCCCC1=NS(=O)N=C1. The van der Waals surface area contributed by atoms with Gasteiger partial charge < -0.3 is 0 Å². The van der Waals surface area contributed by atoms with E-state index in [-0.39, 0.29) is 0 Å². The highest BCUT2D eigenvalue weighted by atomic mass is 32.2. The first-order valence-corrected chi connectivity index (χ1v) is 4.43. The fourth-order valence-electron chi connectivity index (χ4n) is 0.721. The van der Waals surface area contributed by atoms with Crippen molar-refractivity contribution in [2.75, 3.05) is 0 Å². The van der Waals surface area contributed by atoms with E-state index >= 15 is 0 Å². The molecule has 0 amide bonds. The summed E-state index contributed by atoms with van der Waals surface area (Å²) in [6.07, 6.45) is 4.75. The quantitative estimate of drug-likeness (QED) is 0.610. The Balaban J connectivity index is 2.37. The molecule has 1 aliphatic heterocycles. The summed E-state index contributed by atoms with van der Waals surface area (Å²) in [4.78, 5) is 0. The van der Waals surface area contributed by atoms with Gasteiger partial charge in [0.2, 0.25) is 0 Å². The van der Waals surface area contributed by atoms with Crippen LogP contribution in [0.2, 0.25) is 0 Å². The Hall–Kier alpha value is -0.510. The van der Waals surface area contributed by atoms with Crippen LogP contribution in [0.15, 0.2) is 8.80 Å². The fourth-order valence-corrected chi connectivity index (χ4v) is 1.32. The van der Waals surface area contributed by atoms with Crippen molar-refractivity contribution < 1.29 is 4.21 Å². The highest BCUT2D eigenvalue weighted by molar-refractivity contribution is 7.83. The Morgan fingerprint density at radius 1 is 1.70 bits per heavy atom. The van der Waals surface area contributed by atoms with Gasteiger partial charge in [-0.2, -0.15) is 8.80 Å². The van der Waals surface area contributed by atoms with Crippen molar-refractivity contribution in [2.45, 2.75) is 26.2 Å². The van der Waals surface area contributed by atoms with Crippen molar-refractivity contribution in [1.29, 1.82) is 0 Å². The maximum atomic E-state index is 10.5. The lowest BCUT2D eigenvalue weighted by Gasteiger charge is -1.90. The Morgan fingerprint density at radius 2 is 2.50 bits per heavy atom. The summed E-state index contributed by atoms with van der Waals surface area (Å²) >= 11 is -1.30. The molecule has 0 radical (unpaired) electrons. The molecule has 0 saturated carbocycles. The summed E-state index contributed by atoms with van der Waals surface area (Å²) in [5.41, 5.74) is 0.875. The Morgan fingerprint density at radius 3 is 3.00 bits per heavy atom. The third kappa shape index (κ3) is 2.02. The van der Waals surface area contributed by atoms with Gasteiger partial charge in [0.05, 0.1) is 11.9 Å². The lowest BCUT2D eigenvalue weighted by atomic mass is 10.2. The lowest BCUT2D eigenvalue weighted by Crippen LogP contribution is -1.94. The first-order valence-electron chi connectivity index (χ1n) is 3.36. The molecule has 1 unspecified atom stereocenters. The van der Waals surface area contributed by atoms with Gasteiger partial charge in [-0.05, 0) is 12.8 Å². The summed E-state index contributed by atoms with van der Waals surface area (Å²) in [7, 11) is 0. The van der Waals surface area contributed by atoms with Crippen LogP contribution < -0.4 is 0 Å². The predicted molar refractivity (Wildman–Crippen MR) is 43.6 cm³/mol. The van der Waals surface area contributed by atoms with Crippen molar-refractivity contribution in [3.05, 3.63) is 0 Å². The Kier molecular flexibility index (Phi) is 2.74. The van der Waals surface area contributed by atoms with Crippen molar-refractivity contribution in [3.63, 3.8) is 0 Å². The van der Waals surface area contributed by atoms with Crippen molar-refractivity contribution in [3.8, 4) is 0 Å². The molecule has 0 bridgehead atoms. The molecule has 0 aromatic carbocycles. The standard InChI is InChI=1S/C6H10N2OS/c1-2-3-4-6-5-7-10(9)8-6/h5H,2-4H2,1H3. The van der Waals surface area contributed by atoms with Crippen LogP contribution in [0.1, 0.15) is 26.2 Å². The molecule has 0 aromatic heterocycles. The molecule has 1 aliphatic rings. The molecule has 0 saturated heterocycles. The van der Waals surface area contributed by atoms with E-state index < -0.39 is 11.2 Å². The first-order chi connectivity index (χ1) is 4.83. The van der Waals surface area contributed by atoms with Gasteiger partial charge in [-0.15, -0.1) is 0 Å². The minimum absolute atomic E-state index is 0.875. The smallest absolute Gasteiger partial charge is 0.209 e. The maximum Gasteiger partial charge on any atom is 0.265 e. The maximum absolute atomic E-state index is 10.5. The zero-order valence-electron chi connectivity index (χ0n) is 5.91. The molecular formula is C6H10N2OS. The van der Waals surface area contributed by atoms with E-state index in [1.54, 1.807) is 6.21 Å². The first kappa shape index (κ1) is 7.60. The Bertz CT molecular complexity index is 198. The minimum Gasteiger partial charge on any atom is -0.209 e. The summed E-state index contributed by atoms with van der Waals surface area (Å²) in [5.74, 6) is 0. The third-order valence-electron chi connectivity index (χ3n) is 1.27. The van der Waals surface area contributed by atoms with E-state index in [1.807, 2.05) is 0 Å². The van der Waals surface area contributed by atoms with Crippen LogP contribution in [0.25, 0.3) is 0 Å². The van der Waals surface area contributed by atoms with Gasteiger partial charge in [-0.1, -0.05) is 13.3 Å². The second-order valence-electron chi connectivity index (χ2n) is 2.15. The van der Waals surface area contributed by atoms with E-state index in [0.717, 1.165) is 25.0 Å². The van der Waals surface area contributed by atoms with E-state index in [1.165, 1.54) is 0 Å². The van der Waals surface area contributed by atoms with E-state index in [4.69, 9.17) is 0 Å². The molecule has 0 aromatic rings. The van der Waals surface area contributed by atoms with Crippen LogP contribution in [0.5, 0.6) is 0 Å². The molecule has 0 aliphatic carbocycles. The van der Waals surface area contributed by atoms with Gasteiger partial charge in [0, 0.05) is 0 Å². The number of unbranched alkanes of at least 4 members (excludes halogenated alkanes) is 1. The van der Waals surface area contributed by atoms with Crippen LogP contribution in [-0.4, -0.2) is 16.1 Å². The third-order valence-corrected chi connectivity index (χ3v) is 1.95. The highest BCUT2D eigenvalue weighted by Crippen LogP contribution is 2.02. The van der Waals surface area contributed by atoms with Gasteiger partial charge in [-0.25, -0.2) is 4.21 Å². The van der Waals surface area contributed by atoms with Crippen molar-refractivity contribution >= 4 is 23.1 Å². The Labute approximate surface area is 63.0 Å². The van der Waals surface area contributed by atoms with Crippen LogP contribution in [0.3, 0.4) is 0 Å². The van der Waals surface area contributed by atoms with Gasteiger partial charge in [0.15, 0.2) is 0 Å². The largest absolute Gasteiger partial charge is 0.265 e. The lowest BCUT2D eigenvalue weighted by molar-refractivity contribution is 0.686. The zero-order chi connectivity index (χ0) is 7.40. The molecule has 1 atom stereocenters. The number of hydrogen-bond donors (Lipinski definition) is 0. The van der Waals surface area contributed by atoms with Crippen LogP contribution in [0, 0.1) is 0 Å². The topological polar surface area (TPSA) is 41.8 Å². The second kappa shape index (κ2) is 3.61. The molecule has 10 heavy (non-hydrogen) atoms. The molecule has 0 N–H and O–H groups in total. The molecule has 4 heteroatoms. The monoisotopic (exact) mass is 158 g/mol. The zero-order valence-corrected chi connectivity index (χ0v) is 6.73. The van der Waals surface area contributed by atoms with Crippen LogP contribution in [0.4, 0.5) is 0 Å². The number of hydrogen-bond acceptors (Lipinski definition) is 1. The number of rotatable bonds is 3. The van der Waals surface area contributed by atoms with Crippen molar-refractivity contribution in [1.82, 2.24) is 0 Å². The van der Waals surface area contributed by atoms with Crippen LogP contribution in [-0.2, 0) is 11.2 Å². The average Bonchev–Trinajstić information content (AvgIpc) is 2.31. The van der Waals surface area contributed by atoms with Crippen molar-refractivity contribution in [2.24, 2.45) is 8.80 Å². The summed E-state index contributed by atoms with van der Waals surface area (Å²) in [5, 5.41) is 0. The summed E-state index contributed by atoms with van der Waals surface area (Å²) < 4.78 is 17.9. The van der Waals surface area contributed by atoms with Gasteiger partial charge in [0.25, 0.3) is 11.2 Å².